The number of carbonyl (C=O) groups is 1. The summed E-state index contributed by atoms with van der Waals surface area (Å²) < 4.78 is 37.7. The second kappa shape index (κ2) is 7.31. The minimum atomic E-state index is -4.51. The number of nitrogens with zero attached hydrogens (tertiary/aromatic N) is 2. The largest absolute Gasteiger partial charge is 0.433 e. The van der Waals surface area contributed by atoms with Gasteiger partial charge in [-0.15, -0.1) is 0 Å². The van der Waals surface area contributed by atoms with Gasteiger partial charge in [-0.2, -0.15) is 13.2 Å². The van der Waals surface area contributed by atoms with Gasteiger partial charge in [0.1, 0.15) is 5.69 Å². The molecule has 1 aromatic carbocycles. The van der Waals surface area contributed by atoms with Crippen LogP contribution in [0.3, 0.4) is 0 Å². The summed E-state index contributed by atoms with van der Waals surface area (Å²) in [6.07, 6.45) is -2.60. The average Bonchev–Trinajstić information content (AvgIpc) is 2.65. The van der Waals surface area contributed by atoms with Crippen LogP contribution < -0.4 is 5.32 Å². The zero-order chi connectivity index (χ0) is 19.7. The highest BCUT2D eigenvalue weighted by molar-refractivity contribution is 5.93. The molecule has 3 rings (SSSR count). The van der Waals surface area contributed by atoms with Crippen molar-refractivity contribution in [2.75, 3.05) is 13.1 Å². The maximum Gasteiger partial charge on any atom is 0.433 e. The number of amides is 1. The van der Waals surface area contributed by atoms with Gasteiger partial charge in [-0.3, -0.25) is 14.7 Å². The van der Waals surface area contributed by atoms with Crippen molar-refractivity contribution >= 4 is 5.91 Å². The van der Waals surface area contributed by atoms with Crippen LogP contribution in [0.5, 0.6) is 0 Å². The molecular weight excluding hydrogens is 355 g/mol. The van der Waals surface area contributed by atoms with E-state index in [0.29, 0.717) is 6.54 Å². The number of hydrogen-bond donors (Lipinski definition) is 1. The summed E-state index contributed by atoms with van der Waals surface area (Å²) in [5.74, 6) is -0.429. The first-order valence-electron chi connectivity index (χ1n) is 8.80. The number of rotatable bonds is 4. The molecule has 0 spiro atoms. The normalized spacial score (nSPS) is 15.3. The quantitative estimate of drug-likeness (QED) is 0.884. The maximum atomic E-state index is 12.6. The van der Waals surface area contributed by atoms with Gasteiger partial charge in [0.2, 0.25) is 0 Å². The fraction of sp³-hybridized carbons (Fsp3) is 0.400. The van der Waals surface area contributed by atoms with Crippen LogP contribution in [-0.4, -0.2) is 34.4 Å². The Hall–Kier alpha value is -2.41. The van der Waals surface area contributed by atoms with Gasteiger partial charge in [0, 0.05) is 31.4 Å². The zero-order valence-corrected chi connectivity index (χ0v) is 15.3. The van der Waals surface area contributed by atoms with E-state index in [1.165, 1.54) is 11.1 Å². The van der Waals surface area contributed by atoms with Crippen LogP contribution in [0.1, 0.15) is 41.0 Å². The molecule has 0 aliphatic carbocycles. The fourth-order valence-electron chi connectivity index (χ4n) is 3.22. The Kier molecular flexibility index (Phi) is 5.24. The molecule has 144 valence electrons. The average molecular weight is 377 g/mol. The number of aromatic nitrogens is 1. The Bertz CT molecular complexity index is 816. The molecular formula is C20H22F3N3O. The molecule has 0 saturated heterocycles. The van der Waals surface area contributed by atoms with Crippen LogP contribution >= 0.6 is 0 Å². The van der Waals surface area contributed by atoms with Crippen molar-refractivity contribution in [3.63, 3.8) is 0 Å². The lowest BCUT2D eigenvalue weighted by Crippen LogP contribution is -2.53. The Morgan fingerprint density at radius 3 is 2.48 bits per heavy atom. The van der Waals surface area contributed by atoms with E-state index in [0.717, 1.165) is 37.8 Å². The molecule has 2 aromatic rings. The summed E-state index contributed by atoms with van der Waals surface area (Å²) in [6.45, 7) is 6.18. The number of fused-ring (bicyclic) bond motifs is 1. The van der Waals surface area contributed by atoms with E-state index in [1.807, 2.05) is 26.0 Å². The van der Waals surface area contributed by atoms with Gasteiger partial charge < -0.3 is 5.32 Å². The minimum absolute atomic E-state index is 0.114. The van der Waals surface area contributed by atoms with Gasteiger partial charge in [0.25, 0.3) is 5.91 Å². The third-order valence-corrected chi connectivity index (χ3v) is 4.98. The van der Waals surface area contributed by atoms with Gasteiger partial charge in [0.05, 0.1) is 5.56 Å². The monoisotopic (exact) mass is 377 g/mol. The summed E-state index contributed by atoms with van der Waals surface area (Å²) in [7, 11) is 0. The summed E-state index contributed by atoms with van der Waals surface area (Å²) in [5.41, 5.74) is 1.45. The molecule has 1 aliphatic rings. The van der Waals surface area contributed by atoms with Gasteiger partial charge in [-0.25, -0.2) is 0 Å². The number of nitrogens with one attached hydrogen (secondary N) is 1. The molecule has 2 heterocycles. The van der Waals surface area contributed by atoms with Gasteiger partial charge in [0.15, 0.2) is 0 Å². The molecule has 0 unspecified atom stereocenters. The van der Waals surface area contributed by atoms with Crippen LogP contribution in [0.4, 0.5) is 13.2 Å². The van der Waals surface area contributed by atoms with Crippen molar-refractivity contribution in [1.29, 1.82) is 0 Å². The first kappa shape index (κ1) is 19.4. The lowest BCUT2D eigenvalue weighted by atomic mass is 9.94. The molecule has 27 heavy (non-hydrogen) atoms. The predicted octanol–water partition coefficient (Wildman–Crippen LogP) is 3.67. The second-order valence-corrected chi connectivity index (χ2v) is 7.37. The Morgan fingerprint density at radius 2 is 1.85 bits per heavy atom. The molecule has 7 heteroatoms. The minimum Gasteiger partial charge on any atom is -0.350 e. The summed E-state index contributed by atoms with van der Waals surface area (Å²) in [4.78, 5) is 17.9. The molecule has 0 atom stereocenters. The van der Waals surface area contributed by atoms with E-state index >= 15 is 0 Å². The molecule has 1 aromatic heterocycles. The molecule has 1 amide bonds. The number of benzene rings is 1. The highest BCUT2D eigenvalue weighted by atomic mass is 19.4. The van der Waals surface area contributed by atoms with E-state index in [1.54, 1.807) is 0 Å². The molecule has 0 saturated carbocycles. The topological polar surface area (TPSA) is 45.2 Å². The highest BCUT2D eigenvalue weighted by Gasteiger charge is 2.33. The van der Waals surface area contributed by atoms with Crippen molar-refractivity contribution in [3.05, 3.63) is 65.0 Å². The van der Waals surface area contributed by atoms with Gasteiger partial charge in [-0.1, -0.05) is 24.3 Å². The summed E-state index contributed by atoms with van der Waals surface area (Å²) in [6, 6.07) is 10.3. The highest BCUT2D eigenvalue weighted by Crippen LogP contribution is 2.27. The third-order valence-electron chi connectivity index (χ3n) is 4.98. The number of hydrogen-bond acceptors (Lipinski definition) is 3. The standard InChI is InChI=1S/C20H22F3N3O/c1-19(2,26-10-9-14-5-3-4-6-16(14)12-26)13-25-18(27)15-7-8-17(24-11-15)20(21,22)23/h3-8,11H,9-10,12-13H2,1-2H3,(H,25,27). The number of alkyl halides is 3. The molecule has 4 nitrogen and oxygen atoms in total. The lowest BCUT2D eigenvalue weighted by molar-refractivity contribution is -0.141. The molecule has 1 N–H and O–H groups in total. The van der Waals surface area contributed by atoms with Crippen LogP contribution in [0, 0.1) is 0 Å². The fourth-order valence-corrected chi connectivity index (χ4v) is 3.22. The van der Waals surface area contributed by atoms with E-state index in [-0.39, 0.29) is 11.1 Å². The third kappa shape index (κ3) is 4.47. The van der Waals surface area contributed by atoms with Crippen molar-refractivity contribution < 1.29 is 18.0 Å². The van der Waals surface area contributed by atoms with Crippen LogP contribution in [0.25, 0.3) is 0 Å². The van der Waals surface area contributed by atoms with Crippen LogP contribution in [0.2, 0.25) is 0 Å². The summed E-state index contributed by atoms with van der Waals surface area (Å²) >= 11 is 0. The molecule has 0 bridgehead atoms. The lowest BCUT2D eigenvalue weighted by Gasteiger charge is -2.41. The SMILES string of the molecule is CC(C)(CNC(=O)c1ccc(C(F)(F)F)nc1)N1CCc2ccccc2C1. The maximum absolute atomic E-state index is 12.6. The zero-order valence-electron chi connectivity index (χ0n) is 15.3. The van der Waals surface area contributed by atoms with Crippen molar-refractivity contribution in [1.82, 2.24) is 15.2 Å². The van der Waals surface area contributed by atoms with Crippen molar-refractivity contribution in [2.45, 2.75) is 38.5 Å². The first-order chi connectivity index (χ1) is 12.7. The molecule has 0 radical (unpaired) electrons. The van der Waals surface area contributed by atoms with E-state index in [9.17, 15) is 18.0 Å². The van der Waals surface area contributed by atoms with Crippen molar-refractivity contribution in [3.8, 4) is 0 Å². The summed E-state index contributed by atoms with van der Waals surface area (Å²) in [5, 5.41) is 2.82. The predicted molar refractivity (Wildman–Crippen MR) is 96.2 cm³/mol. The number of carbonyl (C=O) groups excluding carboxylic acids is 1. The van der Waals surface area contributed by atoms with E-state index in [4.69, 9.17) is 0 Å². The van der Waals surface area contributed by atoms with Crippen LogP contribution in [0.15, 0.2) is 42.6 Å². The van der Waals surface area contributed by atoms with Crippen LogP contribution in [-0.2, 0) is 19.1 Å². The smallest absolute Gasteiger partial charge is 0.350 e. The van der Waals surface area contributed by atoms with E-state index in [2.05, 4.69) is 27.3 Å². The Labute approximate surface area is 156 Å². The number of halogens is 3. The molecule has 0 fully saturated rings. The van der Waals surface area contributed by atoms with Gasteiger partial charge in [-0.05, 0) is 43.5 Å². The molecule has 1 aliphatic heterocycles. The van der Waals surface area contributed by atoms with Crippen molar-refractivity contribution in [2.24, 2.45) is 0 Å². The number of pyridine rings is 1. The Balaban J connectivity index is 1.61. The Morgan fingerprint density at radius 1 is 1.15 bits per heavy atom. The van der Waals surface area contributed by atoms with Gasteiger partial charge >= 0.3 is 6.18 Å². The second-order valence-electron chi connectivity index (χ2n) is 7.37. The van der Waals surface area contributed by atoms with E-state index < -0.39 is 17.8 Å². The first-order valence-corrected chi connectivity index (χ1v) is 8.80.